The van der Waals surface area contributed by atoms with Crippen LogP contribution in [0.1, 0.15) is 13.3 Å². The summed E-state index contributed by atoms with van der Waals surface area (Å²) in [6.07, 6.45) is 0.847. The third-order valence-corrected chi connectivity index (χ3v) is 6.49. The standard InChI is InChI=1S/C12H18ClN3O3S2.ClH/c1-8-6-14-5-4-9(8)16-11(17)7-15-21(18,19)12-3-2-10(13)20-12;/h2-3,8-9,14-15H,4-7H2,1H3,(H,16,17);1H. The summed E-state index contributed by atoms with van der Waals surface area (Å²) in [4.78, 5) is 11.9. The van der Waals surface area contributed by atoms with Gasteiger partial charge in [-0.25, -0.2) is 13.1 Å². The Morgan fingerprint density at radius 1 is 1.50 bits per heavy atom. The van der Waals surface area contributed by atoms with E-state index in [9.17, 15) is 13.2 Å². The minimum absolute atomic E-state index is 0. The molecule has 1 aliphatic rings. The number of nitrogens with one attached hydrogen (secondary N) is 3. The van der Waals surface area contributed by atoms with Crippen LogP contribution in [0.2, 0.25) is 4.34 Å². The monoisotopic (exact) mass is 387 g/mol. The molecule has 6 nitrogen and oxygen atoms in total. The normalized spacial score (nSPS) is 21.9. The topological polar surface area (TPSA) is 87.3 Å². The van der Waals surface area contributed by atoms with Crippen molar-refractivity contribution >= 4 is 51.3 Å². The van der Waals surface area contributed by atoms with Gasteiger partial charge in [0.05, 0.1) is 10.9 Å². The quantitative estimate of drug-likeness (QED) is 0.708. The molecule has 1 aromatic heterocycles. The molecule has 0 saturated carbocycles. The third kappa shape index (κ3) is 5.36. The van der Waals surface area contributed by atoms with E-state index in [2.05, 4.69) is 22.3 Å². The van der Waals surface area contributed by atoms with Crippen molar-refractivity contribution < 1.29 is 13.2 Å². The molecular weight excluding hydrogens is 369 g/mol. The molecule has 0 aromatic carbocycles. The molecule has 22 heavy (non-hydrogen) atoms. The summed E-state index contributed by atoms with van der Waals surface area (Å²) >= 11 is 6.67. The summed E-state index contributed by atoms with van der Waals surface area (Å²) in [6, 6.07) is 3.01. The molecule has 0 bridgehead atoms. The van der Waals surface area contributed by atoms with Gasteiger partial charge in [0.15, 0.2) is 0 Å². The van der Waals surface area contributed by atoms with Gasteiger partial charge in [-0.1, -0.05) is 18.5 Å². The smallest absolute Gasteiger partial charge is 0.250 e. The second kappa shape index (κ2) is 8.47. The zero-order valence-electron chi connectivity index (χ0n) is 12.0. The maximum Gasteiger partial charge on any atom is 0.250 e. The molecule has 2 unspecified atom stereocenters. The van der Waals surface area contributed by atoms with Crippen molar-refractivity contribution in [2.75, 3.05) is 19.6 Å². The van der Waals surface area contributed by atoms with Crippen LogP contribution >= 0.6 is 35.3 Å². The molecule has 1 saturated heterocycles. The van der Waals surface area contributed by atoms with Gasteiger partial charge in [0.25, 0.3) is 10.0 Å². The van der Waals surface area contributed by atoms with Crippen LogP contribution in [0.5, 0.6) is 0 Å². The first-order valence-electron chi connectivity index (χ1n) is 6.63. The fraction of sp³-hybridized carbons (Fsp3) is 0.583. The minimum Gasteiger partial charge on any atom is -0.352 e. The highest BCUT2D eigenvalue weighted by molar-refractivity contribution is 7.91. The van der Waals surface area contributed by atoms with E-state index in [1.807, 2.05) is 0 Å². The zero-order chi connectivity index (χ0) is 15.5. The fourth-order valence-corrected chi connectivity index (χ4v) is 4.67. The number of thiophene rings is 1. The van der Waals surface area contributed by atoms with Gasteiger partial charge in [-0.2, -0.15) is 0 Å². The van der Waals surface area contributed by atoms with E-state index in [-0.39, 0.29) is 35.1 Å². The van der Waals surface area contributed by atoms with Crippen LogP contribution in [0, 0.1) is 5.92 Å². The Labute approximate surface area is 145 Å². The lowest BCUT2D eigenvalue weighted by Gasteiger charge is -2.30. The Bertz CT molecular complexity index is 607. The number of hydrogen-bond donors (Lipinski definition) is 3. The Kier molecular flexibility index (Phi) is 7.57. The summed E-state index contributed by atoms with van der Waals surface area (Å²) in [5.41, 5.74) is 0. The van der Waals surface area contributed by atoms with Crippen molar-refractivity contribution in [1.82, 2.24) is 15.4 Å². The highest BCUT2D eigenvalue weighted by Crippen LogP contribution is 2.25. The Morgan fingerprint density at radius 2 is 2.23 bits per heavy atom. The van der Waals surface area contributed by atoms with Gasteiger partial charge in [0.1, 0.15) is 4.21 Å². The van der Waals surface area contributed by atoms with Crippen molar-refractivity contribution in [3.63, 3.8) is 0 Å². The number of halogens is 2. The largest absolute Gasteiger partial charge is 0.352 e. The lowest BCUT2D eigenvalue weighted by molar-refractivity contribution is -0.121. The molecule has 0 aliphatic carbocycles. The van der Waals surface area contributed by atoms with E-state index in [1.54, 1.807) is 0 Å². The Hall–Kier alpha value is -0.380. The SMILES string of the molecule is CC1CNCCC1NC(=O)CNS(=O)(=O)c1ccc(Cl)s1.Cl. The molecule has 2 rings (SSSR count). The summed E-state index contributed by atoms with van der Waals surface area (Å²) < 4.78 is 26.7. The fourth-order valence-electron chi connectivity index (χ4n) is 2.16. The molecule has 10 heteroatoms. The molecule has 2 atom stereocenters. The number of carbonyl (C=O) groups is 1. The summed E-state index contributed by atoms with van der Waals surface area (Å²) in [5, 5.41) is 6.11. The van der Waals surface area contributed by atoms with Crippen molar-refractivity contribution in [1.29, 1.82) is 0 Å². The number of hydrogen-bond acceptors (Lipinski definition) is 5. The van der Waals surface area contributed by atoms with E-state index in [1.165, 1.54) is 12.1 Å². The van der Waals surface area contributed by atoms with Crippen LogP contribution < -0.4 is 15.4 Å². The molecule has 3 N–H and O–H groups in total. The van der Waals surface area contributed by atoms with Crippen LogP contribution in [0.3, 0.4) is 0 Å². The summed E-state index contributed by atoms with van der Waals surface area (Å²) in [5.74, 6) is 0.00962. The van der Waals surface area contributed by atoms with Crippen molar-refractivity contribution in [3.05, 3.63) is 16.5 Å². The average molecular weight is 388 g/mol. The summed E-state index contributed by atoms with van der Waals surface area (Å²) in [7, 11) is -3.68. The number of rotatable bonds is 5. The number of piperidine rings is 1. The maximum atomic E-state index is 12.0. The molecule has 1 amide bonds. The van der Waals surface area contributed by atoms with Crippen LogP contribution in [0.25, 0.3) is 0 Å². The van der Waals surface area contributed by atoms with Gasteiger partial charge < -0.3 is 10.6 Å². The van der Waals surface area contributed by atoms with Gasteiger partial charge in [-0.15, -0.1) is 23.7 Å². The molecular formula is C12H19Cl2N3O3S2. The van der Waals surface area contributed by atoms with E-state index in [0.717, 1.165) is 30.8 Å². The molecule has 0 radical (unpaired) electrons. The molecule has 126 valence electrons. The first-order chi connectivity index (χ1) is 9.88. The molecule has 0 spiro atoms. The third-order valence-electron chi connectivity index (χ3n) is 3.37. The van der Waals surface area contributed by atoms with Crippen LogP contribution in [-0.4, -0.2) is 40.0 Å². The predicted molar refractivity (Wildman–Crippen MR) is 90.3 cm³/mol. The second-order valence-electron chi connectivity index (χ2n) is 5.03. The van der Waals surface area contributed by atoms with Gasteiger partial charge in [0.2, 0.25) is 5.91 Å². The average Bonchev–Trinajstić information content (AvgIpc) is 2.87. The lowest BCUT2D eigenvalue weighted by Crippen LogP contribution is -2.50. The highest BCUT2D eigenvalue weighted by Gasteiger charge is 2.23. The first kappa shape index (κ1) is 19.7. The van der Waals surface area contributed by atoms with Crippen LogP contribution in [0.4, 0.5) is 0 Å². The lowest BCUT2D eigenvalue weighted by atomic mass is 9.95. The Balaban J connectivity index is 0.00000242. The van der Waals surface area contributed by atoms with E-state index in [0.29, 0.717) is 10.3 Å². The number of sulfonamides is 1. The number of amides is 1. The molecule has 1 aromatic rings. The zero-order valence-corrected chi connectivity index (χ0v) is 15.2. The molecule has 2 heterocycles. The molecule has 1 fully saturated rings. The van der Waals surface area contributed by atoms with Crippen molar-refractivity contribution in [2.45, 2.75) is 23.6 Å². The van der Waals surface area contributed by atoms with E-state index >= 15 is 0 Å². The van der Waals surface area contributed by atoms with E-state index in [4.69, 9.17) is 11.6 Å². The molecule has 1 aliphatic heterocycles. The highest BCUT2D eigenvalue weighted by atomic mass is 35.5. The van der Waals surface area contributed by atoms with E-state index < -0.39 is 10.0 Å². The van der Waals surface area contributed by atoms with Gasteiger partial charge in [-0.3, -0.25) is 4.79 Å². The van der Waals surface area contributed by atoms with Gasteiger partial charge in [-0.05, 0) is 37.6 Å². The first-order valence-corrected chi connectivity index (χ1v) is 9.31. The minimum atomic E-state index is -3.68. The van der Waals surface area contributed by atoms with Crippen molar-refractivity contribution in [3.8, 4) is 0 Å². The Morgan fingerprint density at radius 3 is 2.82 bits per heavy atom. The van der Waals surface area contributed by atoms with Crippen molar-refractivity contribution in [2.24, 2.45) is 5.92 Å². The van der Waals surface area contributed by atoms with Crippen LogP contribution in [0.15, 0.2) is 16.3 Å². The van der Waals surface area contributed by atoms with Gasteiger partial charge in [0, 0.05) is 6.04 Å². The van der Waals surface area contributed by atoms with Crippen LogP contribution in [-0.2, 0) is 14.8 Å². The van der Waals surface area contributed by atoms with Gasteiger partial charge >= 0.3 is 0 Å². The second-order valence-corrected chi connectivity index (χ2v) is 8.74. The number of carbonyl (C=O) groups excluding carboxylic acids is 1. The predicted octanol–water partition coefficient (Wildman–Crippen LogP) is 1.22. The maximum absolute atomic E-state index is 12.0. The summed E-state index contributed by atoms with van der Waals surface area (Å²) in [6.45, 7) is 3.49.